The van der Waals surface area contributed by atoms with E-state index in [9.17, 15) is 24.3 Å². The second kappa shape index (κ2) is 21.7. The summed E-state index contributed by atoms with van der Waals surface area (Å²) in [6.45, 7) is 14.5. The number of aliphatic hydroxyl groups excluding tert-OH is 1. The number of carbonyl (C=O) groups excluding carboxylic acids is 4. The van der Waals surface area contributed by atoms with Gasteiger partial charge in [0.25, 0.3) is 12.4 Å². The molecule has 2 aliphatic rings. The number of hydrogen-bond acceptors (Lipinski definition) is 10. The lowest BCUT2D eigenvalue weighted by Gasteiger charge is -2.33. The molecule has 2 aromatic carbocycles. The van der Waals surface area contributed by atoms with E-state index in [0.717, 1.165) is 70.2 Å². The Labute approximate surface area is 365 Å². The third kappa shape index (κ3) is 11.6. The van der Waals surface area contributed by atoms with E-state index in [2.05, 4.69) is 54.3 Å². The molecule has 3 unspecified atom stereocenters. The summed E-state index contributed by atoms with van der Waals surface area (Å²) in [5.41, 5.74) is 9.82. The van der Waals surface area contributed by atoms with Gasteiger partial charge < -0.3 is 34.5 Å². The molecule has 14 nitrogen and oxygen atoms in total. The van der Waals surface area contributed by atoms with Crippen molar-refractivity contribution in [3.63, 3.8) is 0 Å². The molecule has 1 saturated heterocycles. The van der Waals surface area contributed by atoms with Crippen LogP contribution >= 0.6 is 0 Å². The van der Waals surface area contributed by atoms with Crippen molar-refractivity contribution in [2.24, 2.45) is 11.3 Å². The molecule has 3 atom stereocenters. The maximum atomic E-state index is 14.0. The third-order valence-electron chi connectivity index (χ3n) is 11.8. The molecule has 4 aromatic rings. The molecular weight excluding hydrogens is 789 g/mol. The van der Waals surface area contributed by atoms with Gasteiger partial charge in [0, 0.05) is 68.3 Å². The van der Waals surface area contributed by atoms with Gasteiger partial charge in [0.15, 0.2) is 0 Å². The Hall–Kier alpha value is -5.31. The van der Waals surface area contributed by atoms with Crippen molar-refractivity contribution in [2.45, 2.75) is 117 Å². The lowest BCUT2D eigenvalue weighted by molar-refractivity contribution is -0.142. The van der Waals surface area contributed by atoms with Crippen molar-refractivity contribution in [1.29, 1.82) is 0 Å². The lowest BCUT2D eigenvalue weighted by atomic mass is 9.84. The molecule has 4 N–H and O–H groups in total. The number of methoxy groups -OCH3 is 1. The Morgan fingerprint density at radius 2 is 1.81 bits per heavy atom. The summed E-state index contributed by atoms with van der Waals surface area (Å²) < 4.78 is 13.3. The average molecular weight is 855 g/mol. The summed E-state index contributed by atoms with van der Waals surface area (Å²) in [7, 11) is 3.22. The van der Waals surface area contributed by atoms with E-state index < -0.39 is 23.4 Å². The molecule has 62 heavy (non-hydrogen) atoms. The maximum Gasteiger partial charge on any atom is 0.293 e. The van der Waals surface area contributed by atoms with E-state index >= 15 is 0 Å². The molecule has 3 heterocycles. The topological polar surface area (TPSA) is 176 Å². The number of aliphatic hydroxyl groups is 1. The number of hydrogen-bond donors (Lipinski definition) is 4. The minimum atomic E-state index is -0.965. The maximum absolute atomic E-state index is 14.0. The summed E-state index contributed by atoms with van der Waals surface area (Å²) in [6.07, 6.45) is 7.96. The number of ether oxygens (including phenoxy) is 2. The van der Waals surface area contributed by atoms with Gasteiger partial charge >= 0.3 is 0 Å². The second-order valence-electron chi connectivity index (χ2n) is 17.7. The molecule has 2 aromatic heterocycles. The molecule has 0 radical (unpaired) electrons. The van der Waals surface area contributed by atoms with Crippen LogP contribution < -0.4 is 10.7 Å². The summed E-state index contributed by atoms with van der Waals surface area (Å²) in [5, 5.41) is 25.1. The third-order valence-corrected chi connectivity index (χ3v) is 11.8. The summed E-state index contributed by atoms with van der Waals surface area (Å²) in [6, 6.07) is 13.7. The first kappa shape index (κ1) is 47.7. The predicted molar refractivity (Wildman–Crippen MR) is 240 cm³/mol. The minimum Gasteiger partial charge on any atom is -0.508 e. The summed E-state index contributed by atoms with van der Waals surface area (Å²) >= 11 is 0. The van der Waals surface area contributed by atoms with Crippen molar-refractivity contribution in [3.8, 4) is 28.1 Å². The van der Waals surface area contributed by atoms with Gasteiger partial charge in [0.1, 0.15) is 17.8 Å². The molecule has 0 bridgehead atoms. The van der Waals surface area contributed by atoms with Gasteiger partial charge in [-0.1, -0.05) is 39.8 Å². The van der Waals surface area contributed by atoms with Crippen LogP contribution in [-0.4, -0.2) is 106 Å². The van der Waals surface area contributed by atoms with E-state index in [1.807, 2.05) is 39.0 Å². The van der Waals surface area contributed by atoms with Crippen LogP contribution in [0.1, 0.15) is 96.6 Å². The highest BCUT2D eigenvalue weighted by molar-refractivity contribution is 5.95. The van der Waals surface area contributed by atoms with Crippen LogP contribution in [0, 0.1) is 11.3 Å². The van der Waals surface area contributed by atoms with Gasteiger partial charge in [-0.15, -0.1) is 0 Å². The molecule has 3 amide bonds. The summed E-state index contributed by atoms with van der Waals surface area (Å²) in [5.74, 6) is -0.898. The highest BCUT2D eigenvalue weighted by Crippen LogP contribution is 2.42. The number of amides is 3. The monoisotopic (exact) mass is 854 g/mol. The first-order valence-electron chi connectivity index (χ1n) is 21.8. The molecule has 14 heteroatoms. The van der Waals surface area contributed by atoms with Crippen molar-refractivity contribution in [3.05, 3.63) is 71.5 Å². The van der Waals surface area contributed by atoms with Gasteiger partial charge in [0.2, 0.25) is 12.3 Å². The average Bonchev–Trinajstić information content (AvgIpc) is 3.55. The number of aromatic nitrogens is 2. The lowest BCUT2D eigenvalue weighted by Crippen LogP contribution is -2.58. The molecule has 1 aliphatic heterocycles. The van der Waals surface area contributed by atoms with Crippen LogP contribution in [0.15, 0.2) is 54.7 Å². The van der Waals surface area contributed by atoms with Gasteiger partial charge in [-0.05, 0) is 117 Å². The number of hydrazine groups is 1. The molecule has 1 aliphatic carbocycles. The fourth-order valence-corrected chi connectivity index (χ4v) is 8.39. The number of carbonyl (C=O) groups is 4. The van der Waals surface area contributed by atoms with E-state index in [-0.39, 0.29) is 42.8 Å². The predicted octanol–water partition coefficient (Wildman–Crippen LogP) is 6.34. The van der Waals surface area contributed by atoms with Crippen LogP contribution in [0.4, 0.5) is 0 Å². The van der Waals surface area contributed by atoms with Crippen LogP contribution in [0.3, 0.4) is 0 Å². The highest BCUT2D eigenvalue weighted by atomic mass is 16.5. The highest BCUT2D eigenvalue weighted by Gasteiger charge is 2.33. The number of pyridine rings is 1. The zero-order valence-corrected chi connectivity index (χ0v) is 37.6. The Bertz CT molecular complexity index is 2160. The van der Waals surface area contributed by atoms with E-state index in [0.29, 0.717) is 44.5 Å². The molecule has 0 spiro atoms. The van der Waals surface area contributed by atoms with Crippen molar-refractivity contribution in [1.82, 2.24) is 30.2 Å². The fraction of sp³-hybridized carbons (Fsp3) is 0.521. The quantitative estimate of drug-likeness (QED) is 0.0827. The molecule has 2 fully saturated rings. The number of rotatable bonds is 18. The first-order valence-corrected chi connectivity index (χ1v) is 21.8. The van der Waals surface area contributed by atoms with Crippen LogP contribution in [0.2, 0.25) is 0 Å². The Morgan fingerprint density at radius 1 is 1.06 bits per heavy atom. The van der Waals surface area contributed by atoms with Crippen LogP contribution in [0.5, 0.6) is 5.75 Å². The van der Waals surface area contributed by atoms with Crippen molar-refractivity contribution >= 4 is 35.6 Å². The number of phenolic OH excluding ortho intramolecular Hbond substituents is 1. The molecular formula is C48H66N6O8. The van der Waals surface area contributed by atoms with Crippen molar-refractivity contribution < 1.29 is 38.9 Å². The number of phenols is 1. The normalized spacial score (nSPS) is 15.8. The van der Waals surface area contributed by atoms with E-state index in [1.54, 1.807) is 37.5 Å². The number of nitrogens with one attached hydrogen (secondary N) is 2. The van der Waals surface area contributed by atoms with Crippen LogP contribution in [0.25, 0.3) is 33.3 Å². The minimum absolute atomic E-state index is 0.0182. The number of likely N-dealkylation sites (N-methyl/N-ethyl adjacent to an activating group) is 1. The summed E-state index contributed by atoms with van der Waals surface area (Å²) in [4.78, 5) is 56.7. The Morgan fingerprint density at radius 3 is 2.40 bits per heavy atom. The largest absolute Gasteiger partial charge is 0.508 e. The van der Waals surface area contributed by atoms with Crippen molar-refractivity contribution in [2.75, 3.05) is 33.9 Å². The number of aryl methyl sites for hydroxylation is 1. The fourth-order valence-electron chi connectivity index (χ4n) is 8.39. The van der Waals surface area contributed by atoms with Gasteiger partial charge in [-0.25, -0.2) is 5.43 Å². The number of fused-ring (bicyclic) bond motifs is 1. The number of nitrogens with zero attached hydrogens (tertiary/aromatic N) is 4. The number of benzene rings is 2. The van der Waals surface area contributed by atoms with Gasteiger partial charge in [-0.3, -0.25) is 29.2 Å². The van der Waals surface area contributed by atoms with Crippen LogP contribution in [-0.2, 0) is 48.0 Å². The smallest absolute Gasteiger partial charge is 0.293 e. The molecule has 1 saturated carbocycles. The zero-order chi connectivity index (χ0) is 45.1. The first-order chi connectivity index (χ1) is 29.6. The number of aromatic hydroxyl groups is 1. The zero-order valence-electron chi connectivity index (χ0n) is 37.6. The second-order valence-corrected chi connectivity index (χ2v) is 17.7. The van der Waals surface area contributed by atoms with Gasteiger partial charge in [0.05, 0.1) is 30.2 Å². The molecule has 6 rings (SSSR count). The van der Waals surface area contributed by atoms with E-state index in [1.165, 1.54) is 11.3 Å². The Balaban J connectivity index is 0.00000135. The standard InChI is InChI=1S/C44H58N6O7.C4H8O/c1-9-49-38-15-14-31(23-35(38)36(24-44(5,6)25-57-27-52)41(49)34-13-12-16-45-39(34)29(4)56-8)32-19-30(20-33(53)22-32)21-37(43(55)50-18-11-10-17-46-50)47-42(54)40(28(2)3)48(7)26-51;5-4-2-1-3-4/h12-16,19-20,22-23,26-29,37,40,46,53H,9-11,17-18,21,24-25H2,1-8H3,(H,47,54);4-5H,1-3H2. The molecule has 336 valence electrons. The Kier molecular flexibility index (Phi) is 16.7. The van der Waals surface area contributed by atoms with Gasteiger partial charge in [-0.2, -0.15) is 0 Å². The SMILES string of the molecule is CCn1c(-c2cccnc2C(C)OC)c(CC(C)(C)COC=O)c2cc(-c3cc(O)cc(CC(NC(=O)C(C(C)C)N(C)C=O)C(=O)N4CCCCN4)c3)ccc21.OC1CCC1. The van der Waals surface area contributed by atoms with E-state index in [4.69, 9.17) is 19.6 Å².